The Kier molecular flexibility index (Phi) is 5.11. The van der Waals surface area contributed by atoms with Crippen LogP contribution >= 0.6 is 0 Å². The summed E-state index contributed by atoms with van der Waals surface area (Å²) in [7, 11) is -0.165. The smallest absolute Gasteiger partial charge is 0.242 e. The summed E-state index contributed by atoms with van der Waals surface area (Å²) >= 11 is 0. The van der Waals surface area contributed by atoms with Crippen molar-refractivity contribution >= 4 is 10.0 Å². The van der Waals surface area contributed by atoms with Crippen LogP contribution in [0.2, 0.25) is 0 Å². The molecule has 0 heterocycles. The van der Waals surface area contributed by atoms with Crippen molar-refractivity contribution < 1.29 is 13.2 Å². The second kappa shape index (κ2) is 6.14. The fourth-order valence-electron chi connectivity index (χ4n) is 1.44. The van der Waals surface area contributed by atoms with Crippen LogP contribution < -0.4 is 0 Å². The van der Waals surface area contributed by atoms with Gasteiger partial charge < -0.3 is 4.74 Å². The lowest BCUT2D eigenvalue weighted by molar-refractivity contribution is 0.189. The van der Waals surface area contributed by atoms with Crippen LogP contribution in [0.15, 0.2) is 29.2 Å². The maximum absolute atomic E-state index is 12.1. The van der Waals surface area contributed by atoms with E-state index < -0.39 is 10.0 Å². The molecule has 0 saturated heterocycles. The number of sulfonamides is 1. The van der Waals surface area contributed by atoms with E-state index in [1.165, 1.54) is 4.31 Å². The Labute approximate surface area is 103 Å². The molecule has 1 rings (SSSR count). The molecule has 0 bridgehead atoms. The molecule has 0 amide bonds. The van der Waals surface area contributed by atoms with E-state index in [2.05, 4.69) is 0 Å². The Morgan fingerprint density at radius 2 is 1.82 bits per heavy atom. The van der Waals surface area contributed by atoms with Crippen molar-refractivity contribution in [2.75, 3.05) is 27.3 Å². The minimum Gasteiger partial charge on any atom is -0.385 e. The van der Waals surface area contributed by atoms with Gasteiger partial charge in [-0.25, -0.2) is 12.7 Å². The average molecular weight is 257 g/mol. The van der Waals surface area contributed by atoms with Gasteiger partial charge in [-0.15, -0.1) is 0 Å². The van der Waals surface area contributed by atoms with E-state index >= 15 is 0 Å². The number of hydrogen-bond acceptors (Lipinski definition) is 3. The van der Waals surface area contributed by atoms with Gasteiger partial charge >= 0.3 is 0 Å². The Morgan fingerprint density at radius 1 is 1.24 bits per heavy atom. The van der Waals surface area contributed by atoms with Gasteiger partial charge in [-0.1, -0.05) is 17.7 Å². The lowest BCUT2D eigenvalue weighted by atomic mass is 10.2. The summed E-state index contributed by atoms with van der Waals surface area (Å²) in [4.78, 5) is 0.336. The van der Waals surface area contributed by atoms with Gasteiger partial charge in [-0.3, -0.25) is 0 Å². The van der Waals surface area contributed by atoms with Crippen LogP contribution in [0.25, 0.3) is 0 Å². The molecule has 0 spiro atoms. The number of ether oxygens (including phenoxy) is 1. The number of methoxy groups -OCH3 is 1. The summed E-state index contributed by atoms with van der Waals surface area (Å²) < 4.78 is 30.5. The van der Waals surface area contributed by atoms with Crippen molar-refractivity contribution in [2.45, 2.75) is 18.2 Å². The number of aryl methyl sites for hydroxylation is 1. The predicted molar refractivity (Wildman–Crippen MR) is 67.5 cm³/mol. The first-order valence-electron chi connectivity index (χ1n) is 5.50. The largest absolute Gasteiger partial charge is 0.385 e. The third-order valence-corrected chi connectivity index (χ3v) is 4.42. The first-order chi connectivity index (χ1) is 7.98. The molecule has 0 saturated carbocycles. The molecule has 1 aromatic rings. The zero-order chi connectivity index (χ0) is 12.9. The molecule has 0 N–H and O–H groups in total. The molecule has 1 aromatic carbocycles. The van der Waals surface area contributed by atoms with E-state index in [9.17, 15) is 8.42 Å². The van der Waals surface area contributed by atoms with E-state index in [4.69, 9.17) is 4.74 Å². The molecular weight excluding hydrogens is 238 g/mol. The lowest BCUT2D eigenvalue weighted by Gasteiger charge is -2.16. The quantitative estimate of drug-likeness (QED) is 0.728. The number of benzene rings is 1. The van der Waals surface area contributed by atoms with Gasteiger partial charge in [-0.05, 0) is 25.5 Å². The minimum absolute atomic E-state index is 0.336. The average Bonchev–Trinajstić information content (AvgIpc) is 2.29. The van der Waals surface area contributed by atoms with Crippen LogP contribution in [0.4, 0.5) is 0 Å². The second-order valence-electron chi connectivity index (χ2n) is 3.99. The maximum atomic E-state index is 12.1. The summed E-state index contributed by atoms with van der Waals surface area (Å²) in [5.74, 6) is 0. The molecule has 4 nitrogen and oxygen atoms in total. The van der Waals surface area contributed by atoms with Crippen molar-refractivity contribution in [1.29, 1.82) is 0 Å². The van der Waals surface area contributed by atoms with Gasteiger partial charge in [-0.2, -0.15) is 0 Å². The molecule has 0 radical (unpaired) electrons. The SMILES string of the molecule is COCCCN(C)S(=O)(=O)c1ccc(C)cc1. The summed E-state index contributed by atoms with van der Waals surface area (Å²) in [6.07, 6.45) is 0.693. The molecule has 0 aliphatic carbocycles. The summed E-state index contributed by atoms with van der Waals surface area (Å²) in [5, 5.41) is 0. The number of nitrogens with zero attached hydrogens (tertiary/aromatic N) is 1. The van der Waals surface area contributed by atoms with Crippen LogP contribution in [0.1, 0.15) is 12.0 Å². The zero-order valence-electron chi connectivity index (χ0n) is 10.5. The van der Waals surface area contributed by atoms with Crippen LogP contribution in [0.5, 0.6) is 0 Å². The Morgan fingerprint density at radius 3 is 2.35 bits per heavy atom. The van der Waals surface area contributed by atoms with Gasteiger partial charge in [0, 0.05) is 27.3 Å². The highest BCUT2D eigenvalue weighted by Gasteiger charge is 2.19. The molecule has 0 unspecified atom stereocenters. The van der Waals surface area contributed by atoms with E-state index in [0.717, 1.165) is 5.56 Å². The van der Waals surface area contributed by atoms with Crippen molar-refractivity contribution in [2.24, 2.45) is 0 Å². The topological polar surface area (TPSA) is 46.6 Å². The van der Waals surface area contributed by atoms with E-state index in [1.54, 1.807) is 38.4 Å². The highest BCUT2D eigenvalue weighted by Crippen LogP contribution is 2.14. The van der Waals surface area contributed by atoms with Gasteiger partial charge in [0.2, 0.25) is 10.0 Å². The van der Waals surface area contributed by atoms with Crippen LogP contribution in [0.3, 0.4) is 0 Å². The number of rotatable bonds is 6. The lowest BCUT2D eigenvalue weighted by Crippen LogP contribution is -2.28. The summed E-state index contributed by atoms with van der Waals surface area (Å²) in [6.45, 7) is 2.95. The summed E-state index contributed by atoms with van der Waals surface area (Å²) in [5.41, 5.74) is 1.05. The third-order valence-electron chi connectivity index (χ3n) is 2.55. The Hall–Kier alpha value is -0.910. The number of hydrogen-bond donors (Lipinski definition) is 0. The van der Waals surface area contributed by atoms with Gasteiger partial charge in [0.25, 0.3) is 0 Å². The third kappa shape index (κ3) is 3.80. The monoisotopic (exact) mass is 257 g/mol. The Bertz CT molecular complexity index is 439. The van der Waals surface area contributed by atoms with E-state index in [-0.39, 0.29) is 0 Å². The fourth-order valence-corrected chi connectivity index (χ4v) is 2.65. The standard InChI is InChI=1S/C12H19NO3S/c1-11-5-7-12(8-6-11)17(14,15)13(2)9-4-10-16-3/h5-8H,4,9-10H2,1-3H3. The normalized spacial score (nSPS) is 12.0. The van der Waals surface area contributed by atoms with Crippen molar-refractivity contribution in [3.05, 3.63) is 29.8 Å². The van der Waals surface area contributed by atoms with Crippen molar-refractivity contribution in [1.82, 2.24) is 4.31 Å². The van der Waals surface area contributed by atoms with Crippen LogP contribution in [-0.4, -0.2) is 40.0 Å². The molecule has 5 heteroatoms. The molecule has 0 aromatic heterocycles. The van der Waals surface area contributed by atoms with Crippen LogP contribution in [-0.2, 0) is 14.8 Å². The molecule has 0 fully saturated rings. The van der Waals surface area contributed by atoms with Crippen LogP contribution in [0, 0.1) is 6.92 Å². The molecule has 0 atom stereocenters. The highest BCUT2D eigenvalue weighted by molar-refractivity contribution is 7.89. The molecule has 96 valence electrons. The predicted octanol–water partition coefficient (Wildman–Crippen LogP) is 1.65. The highest BCUT2D eigenvalue weighted by atomic mass is 32.2. The first kappa shape index (κ1) is 14.2. The van der Waals surface area contributed by atoms with Gasteiger partial charge in [0.15, 0.2) is 0 Å². The maximum Gasteiger partial charge on any atom is 0.242 e. The minimum atomic E-state index is -3.36. The van der Waals surface area contributed by atoms with Gasteiger partial charge in [0.1, 0.15) is 0 Å². The zero-order valence-corrected chi connectivity index (χ0v) is 11.3. The molecule has 0 aliphatic rings. The molecule has 0 aliphatic heterocycles. The van der Waals surface area contributed by atoms with Crippen molar-refractivity contribution in [3.8, 4) is 0 Å². The fraction of sp³-hybridized carbons (Fsp3) is 0.500. The summed E-state index contributed by atoms with van der Waals surface area (Å²) in [6, 6.07) is 6.88. The Balaban J connectivity index is 2.76. The second-order valence-corrected chi connectivity index (χ2v) is 6.03. The first-order valence-corrected chi connectivity index (χ1v) is 6.94. The molecular formula is C12H19NO3S. The van der Waals surface area contributed by atoms with E-state index in [0.29, 0.717) is 24.5 Å². The molecule has 17 heavy (non-hydrogen) atoms. The van der Waals surface area contributed by atoms with Crippen molar-refractivity contribution in [3.63, 3.8) is 0 Å². The van der Waals surface area contributed by atoms with Gasteiger partial charge in [0.05, 0.1) is 4.90 Å². The van der Waals surface area contributed by atoms with E-state index in [1.807, 2.05) is 6.92 Å².